The molecule has 0 saturated carbocycles. The van der Waals surface area contributed by atoms with Crippen molar-refractivity contribution in [3.63, 3.8) is 0 Å². The van der Waals surface area contributed by atoms with E-state index in [0.29, 0.717) is 12.2 Å². The molecule has 0 aromatic heterocycles. The highest BCUT2D eigenvalue weighted by Gasteiger charge is 2.47. The van der Waals surface area contributed by atoms with Crippen molar-refractivity contribution in [3.8, 4) is 0 Å². The van der Waals surface area contributed by atoms with Crippen LogP contribution in [0.1, 0.15) is 194 Å². The molecule has 2 saturated heterocycles. The number of hydrogen-bond acceptors (Lipinski definition) is 3. The summed E-state index contributed by atoms with van der Waals surface area (Å²) in [5, 5.41) is 0. The van der Waals surface area contributed by atoms with E-state index in [1.807, 2.05) is 0 Å². The minimum absolute atomic E-state index is 0.300. The summed E-state index contributed by atoms with van der Waals surface area (Å²) in [6.45, 7) is 6.81. The Balaban J connectivity index is 1.56. The summed E-state index contributed by atoms with van der Waals surface area (Å²) in [6.07, 6.45) is 55.0. The topological polar surface area (TPSA) is 21.7 Å². The third-order valence-electron chi connectivity index (χ3n) is 10.3. The number of ether oxygens (including phenoxy) is 2. The molecule has 3 nitrogen and oxygen atoms in total. The number of nitrogens with zero attached hydrogens (tertiary/aromatic N) is 1. The van der Waals surface area contributed by atoms with Gasteiger partial charge in [0.2, 0.25) is 0 Å². The van der Waals surface area contributed by atoms with Crippen LogP contribution in [0.2, 0.25) is 0 Å². The van der Waals surface area contributed by atoms with E-state index in [0.717, 1.165) is 51.6 Å². The van der Waals surface area contributed by atoms with Gasteiger partial charge in [0.15, 0.2) is 5.79 Å². The molecule has 3 heteroatoms. The van der Waals surface area contributed by atoms with Crippen molar-refractivity contribution < 1.29 is 9.47 Å². The number of hydrogen-bond donors (Lipinski definition) is 0. The number of allylic oxidation sites excluding steroid dienone is 8. The SMILES string of the molecule is CCCCC/C=C\C/C=C\CCCCCCCCC1(CCCCCCCC/C=C\C/C=C\CCCCC)OC2CCN(C)CC[C@H]2O1. The first kappa shape index (κ1) is 42.0. The zero-order valence-electron chi connectivity index (χ0n) is 31.8. The maximum absolute atomic E-state index is 6.86. The van der Waals surface area contributed by atoms with Gasteiger partial charge in [0.05, 0.1) is 12.2 Å². The third-order valence-corrected chi connectivity index (χ3v) is 10.3. The number of fused-ring (bicyclic) bond motifs is 1. The van der Waals surface area contributed by atoms with E-state index in [9.17, 15) is 0 Å². The Hall–Kier alpha value is -1.16. The Morgan fingerprint density at radius 3 is 1.19 bits per heavy atom. The number of unbranched alkanes of at least 4 members (excludes halogenated alkanes) is 18. The van der Waals surface area contributed by atoms with Gasteiger partial charge in [-0.2, -0.15) is 0 Å². The van der Waals surface area contributed by atoms with Gasteiger partial charge in [-0.3, -0.25) is 0 Å². The molecule has 2 heterocycles. The molecule has 0 radical (unpaired) electrons. The van der Waals surface area contributed by atoms with Crippen molar-refractivity contribution >= 4 is 0 Å². The summed E-state index contributed by atoms with van der Waals surface area (Å²) >= 11 is 0. The second kappa shape index (κ2) is 29.7. The van der Waals surface area contributed by atoms with E-state index >= 15 is 0 Å². The third kappa shape index (κ3) is 22.2. The molecule has 2 rings (SSSR count). The van der Waals surface area contributed by atoms with Gasteiger partial charge in [-0.25, -0.2) is 0 Å². The predicted molar refractivity (Wildman–Crippen MR) is 207 cm³/mol. The average molecular weight is 654 g/mol. The lowest BCUT2D eigenvalue weighted by Crippen LogP contribution is -2.32. The first-order valence-corrected chi connectivity index (χ1v) is 20.8. The van der Waals surface area contributed by atoms with Crippen molar-refractivity contribution in [2.75, 3.05) is 20.1 Å². The summed E-state index contributed by atoms with van der Waals surface area (Å²) in [5.41, 5.74) is 0. The van der Waals surface area contributed by atoms with Gasteiger partial charge in [-0.1, -0.05) is 140 Å². The molecule has 0 bridgehead atoms. The lowest BCUT2D eigenvalue weighted by atomic mass is 9.98. The van der Waals surface area contributed by atoms with Crippen LogP contribution in [-0.4, -0.2) is 43.0 Å². The van der Waals surface area contributed by atoms with Crippen LogP contribution in [-0.2, 0) is 9.47 Å². The molecule has 2 atom stereocenters. The van der Waals surface area contributed by atoms with Gasteiger partial charge in [0.1, 0.15) is 0 Å². The predicted octanol–water partition coefficient (Wildman–Crippen LogP) is 13.6. The Bertz CT molecular complexity index is 748. The number of likely N-dealkylation sites (tertiary alicyclic amines) is 1. The fourth-order valence-corrected chi connectivity index (χ4v) is 7.15. The van der Waals surface area contributed by atoms with Gasteiger partial charge in [0, 0.05) is 25.9 Å². The van der Waals surface area contributed by atoms with Crippen molar-refractivity contribution in [1.82, 2.24) is 4.90 Å². The maximum Gasteiger partial charge on any atom is 0.169 e. The summed E-state index contributed by atoms with van der Waals surface area (Å²) in [7, 11) is 2.24. The molecule has 0 aromatic rings. The van der Waals surface area contributed by atoms with E-state index in [1.54, 1.807) is 0 Å². The van der Waals surface area contributed by atoms with Crippen molar-refractivity contribution in [2.45, 2.75) is 212 Å². The standard InChI is InChI=1S/C44H79NO2/c1-4-6-8-10-12-14-16-18-20-22-24-26-28-30-32-34-38-44(46-42-36-40-45(3)41-37-43(42)47-44)39-35-33-31-29-27-25-23-21-19-17-15-13-11-9-7-5-2/h12-15,18-21,42-43H,4-11,16-17,22-41H2,1-3H3/b14-12-,15-13-,20-18-,21-19-/t42-,43?/m1/s1. The summed E-state index contributed by atoms with van der Waals surface area (Å²) in [5.74, 6) is -0.310. The lowest BCUT2D eigenvalue weighted by Gasteiger charge is -2.29. The quantitative estimate of drug-likeness (QED) is 0.0569. The van der Waals surface area contributed by atoms with E-state index in [1.165, 1.54) is 141 Å². The van der Waals surface area contributed by atoms with Crippen molar-refractivity contribution in [2.24, 2.45) is 0 Å². The van der Waals surface area contributed by atoms with Gasteiger partial charge in [-0.05, 0) is 96.9 Å². The largest absolute Gasteiger partial charge is 0.344 e. The van der Waals surface area contributed by atoms with E-state index < -0.39 is 0 Å². The highest BCUT2D eigenvalue weighted by atomic mass is 16.8. The molecular formula is C44H79NO2. The minimum Gasteiger partial charge on any atom is -0.344 e. The Morgan fingerprint density at radius 2 is 0.809 bits per heavy atom. The molecule has 2 fully saturated rings. The Kier molecular flexibility index (Phi) is 26.6. The highest BCUT2D eigenvalue weighted by Crippen LogP contribution is 2.40. The van der Waals surface area contributed by atoms with E-state index in [-0.39, 0.29) is 5.79 Å². The fourth-order valence-electron chi connectivity index (χ4n) is 7.15. The molecule has 2 aliphatic rings. The molecule has 0 aliphatic carbocycles. The molecule has 1 unspecified atom stereocenters. The molecule has 0 amide bonds. The summed E-state index contributed by atoms with van der Waals surface area (Å²) in [6, 6.07) is 0. The van der Waals surface area contributed by atoms with Crippen LogP contribution in [0.4, 0.5) is 0 Å². The second-order valence-electron chi connectivity index (χ2n) is 14.8. The van der Waals surface area contributed by atoms with Crippen LogP contribution >= 0.6 is 0 Å². The second-order valence-corrected chi connectivity index (χ2v) is 14.8. The molecule has 2 aliphatic heterocycles. The van der Waals surface area contributed by atoms with Gasteiger partial charge < -0.3 is 14.4 Å². The van der Waals surface area contributed by atoms with Crippen molar-refractivity contribution in [1.29, 1.82) is 0 Å². The van der Waals surface area contributed by atoms with Gasteiger partial charge in [0.25, 0.3) is 0 Å². The van der Waals surface area contributed by atoms with E-state index in [2.05, 4.69) is 74.4 Å². The Labute approximate surface area is 294 Å². The van der Waals surface area contributed by atoms with Crippen LogP contribution in [0.3, 0.4) is 0 Å². The summed E-state index contributed by atoms with van der Waals surface area (Å²) < 4.78 is 13.7. The Morgan fingerprint density at radius 1 is 0.468 bits per heavy atom. The molecule has 0 aromatic carbocycles. The van der Waals surface area contributed by atoms with Gasteiger partial charge in [-0.15, -0.1) is 0 Å². The minimum atomic E-state index is -0.310. The maximum atomic E-state index is 6.86. The molecular weight excluding hydrogens is 574 g/mol. The average Bonchev–Trinajstić information content (AvgIpc) is 3.34. The summed E-state index contributed by atoms with van der Waals surface area (Å²) in [4.78, 5) is 2.44. The smallest absolute Gasteiger partial charge is 0.169 e. The van der Waals surface area contributed by atoms with Crippen LogP contribution in [0.25, 0.3) is 0 Å². The lowest BCUT2D eigenvalue weighted by molar-refractivity contribution is -0.188. The van der Waals surface area contributed by atoms with Crippen LogP contribution in [0.15, 0.2) is 48.6 Å². The van der Waals surface area contributed by atoms with E-state index in [4.69, 9.17) is 9.47 Å². The van der Waals surface area contributed by atoms with Crippen LogP contribution in [0, 0.1) is 0 Å². The molecule has 47 heavy (non-hydrogen) atoms. The molecule has 0 N–H and O–H groups in total. The van der Waals surface area contributed by atoms with Gasteiger partial charge >= 0.3 is 0 Å². The fraction of sp³-hybridized carbons (Fsp3) is 0.818. The molecule has 0 spiro atoms. The zero-order chi connectivity index (χ0) is 33.5. The zero-order valence-corrected chi connectivity index (χ0v) is 31.8. The van der Waals surface area contributed by atoms with Crippen LogP contribution < -0.4 is 0 Å². The molecule has 272 valence electrons. The van der Waals surface area contributed by atoms with Crippen LogP contribution in [0.5, 0.6) is 0 Å². The first-order chi connectivity index (χ1) is 23.2. The highest BCUT2D eigenvalue weighted by molar-refractivity contribution is 4.94. The number of rotatable bonds is 30. The monoisotopic (exact) mass is 654 g/mol. The van der Waals surface area contributed by atoms with Crippen molar-refractivity contribution in [3.05, 3.63) is 48.6 Å². The first-order valence-electron chi connectivity index (χ1n) is 20.8. The normalized spacial score (nSPS) is 20.4.